The highest BCUT2D eigenvalue weighted by Gasteiger charge is 2.10. The van der Waals surface area contributed by atoms with E-state index in [1.54, 1.807) is 6.07 Å². The number of nitrogens with two attached hydrogens (primary N) is 1. The number of carbonyl (C=O) groups is 2. The topological polar surface area (TPSA) is 128 Å². The summed E-state index contributed by atoms with van der Waals surface area (Å²) < 4.78 is 0. The van der Waals surface area contributed by atoms with Crippen molar-refractivity contribution in [3.05, 3.63) is 35.0 Å². The van der Waals surface area contributed by atoms with Crippen molar-refractivity contribution in [2.24, 2.45) is 0 Å². The van der Waals surface area contributed by atoms with Crippen molar-refractivity contribution >= 4 is 34.9 Å². The van der Waals surface area contributed by atoms with Crippen LogP contribution >= 0.6 is 11.6 Å². The second-order valence-electron chi connectivity index (χ2n) is 3.63. The van der Waals surface area contributed by atoms with Crippen LogP contribution in [0.5, 0.6) is 0 Å². The lowest BCUT2D eigenvalue weighted by Gasteiger charge is -2.06. The van der Waals surface area contributed by atoms with Gasteiger partial charge in [-0.1, -0.05) is 11.6 Å². The number of aliphatic carboxylic acids is 1. The standard InChI is InChI=1S/C12H11ClN4O3/c13-9-3-8(1-2-10(9)15)17-12(20)7(4-14)5-16-6-11(18)19/h1-3,5,16H,6,15H2,(H,17,20)(H,18,19)/b7-5-. The lowest BCUT2D eigenvalue weighted by atomic mass is 10.2. The van der Waals surface area contributed by atoms with Crippen LogP contribution in [-0.4, -0.2) is 23.5 Å². The van der Waals surface area contributed by atoms with Crippen LogP contribution in [0.3, 0.4) is 0 Å². The monoisotopic (exact) mass is 294 g/mol. The Morgan fingerprint density at radius 1 is 1.50 bits per heavy atom. The Morgan fingerprint density at radius 3 is 2.75 bits per heavy atom. The Kier molecular flexibility index (Phi) is 5.38. The summed E-state index contributed by atoms with van der Waals surface area (Å²) in [5.41, 5.74) is 5.99. The second kappa shape index (κ2) is 7.01. The maximum atomic E-state index is 11.8. The summed E-state index contributed by atoms with van der Waals surface area (Å²) in [6.07, 6.45) is 1.03. The van der Waals surface area contributed by atoms with Crippen molar-refractivity contribution in [3.63, 3.8) is 0 Å². The van der Waals surface area contributed by atoms with E-state index in [1.807, 2.05) is 0 Å². The van der Waals surface area contributed by atoms with E-state index in [9.17, 15) is 9.59 Å². The van der Waals surface area contributed by atoms with Crippen LogP contribution in [0.25, 0.3) is 0 Å². The van der Waals surface area contributed by atoms with E-state index in [-0.39, 0.29) is 10.6 Å². The zero-order valence-corrected chi connectivity index (χ0v) is 10.9. The number of nitrogens with one attached hydrogen (secondary N) is 2. The number of benzene rings is 1. The first kappa shape index (κ1) is 15.3. The second-order valence-corrected chi connectivity index (χ2v) is 4.04. The van der Waals surface area contributed by atoms with Gasteiger partial charge >= 0.3 is 5.97 Å². The number of amides is 1. The van der Waals surface area contributed by atoms with Crippen LogP contribution < -0.4 is 16.4 Å². The summed E-state index contributed by atoms with van der Waals surface area (Å²) in [5.74, 6) is -1.80. The van der Waals surface area contributed by atoms with Gasteiger partial charge in [0, 0.05) is 11.9 Å². The quantitative estimate of drug-likeness (QED) is 0.363. The molecule has 0 heterocycles. The van der Waals surface area contributed by atoms with Crippen LogP contribution in [0.4, 0.5) is 11.4 Å². The van der Waals surface area contributed by atoms with E-state index in [0.29, 0.717) is 11.4 Å². The van der Waals surface area contributed by atoms with E-state index < -0.39 is 18.4 Å². The predicted octanol–water partition coefficient (Wildman–Crippen LogP) is 0.942. The van der Waals surface area contributed by atoms with Gasteiger partial charge in [-0.2, -0.15) is 5.26 Å². The molecule has 0 bridgehead atoms. The largest absolute Gasteiger partial charge is 0.480 e. The minimum absolute atomic E-state index is 0.265. The molecule has 0 radical (unpaired) electrons. The number of nitrogen functional groups attached to an aromatic ring is 1. The van der Waals surface area contributed by atoms with Gasteiger partial charge in [-0.3, -0.25) is 9.59 Å². The molecule has 0 saturated heterocycles. The molecule has 0 aliphatic heterocycles. The number of anilines is 2. The van der Waals surface area contributed by atoms with Gasteiger partial charge in [0.05, 0.1) is 10.7 Å². The molecule has 0 aromatic heterocycles. The fraction of sp³-hybridized carbons (Fsp3) is 0.0833. The number of nitrogens with zero attached hydrogens (tertiary/aromatic N) is 1. The maximum absolute atomic E-state index is 11.8. The van der Waals surface area contributed by atoms with Crippen LogP contribution in [0.15, 0.2) is 30.0 Å². The molecule has 0 saturated carbocycles. The Bertz CT molecular complexity index is 607. The summed E-state index contributed by atoms with van der Waals surface area (Å²) in [5, 5.41) is 22.3. The van der Waals surface area contributed by atoms with E-state index in [4.69, 9.17) is 27.7 Å². The molecule has 5 N–H and O–H groups in total. The number of carboxylic acids is 1. The molecule has 0 unspecified atom stereocenters. The molecular weight excluding hydrogens is 284 g/mol. The summed E-state index contributed by atoms with van der Waals surface area (Å²) in [6, 6.07) is 6.13. The third kappa shape index (κ3) is 4.51. The lowest BCUT2D eigenvalue weighted by Crippen LogP contribution is -2.20. The predicted molar refractivity (Wildman–Crippen MR) is 73.8 cm³/mol. The molecule has 104 valence electrons. The van der Waals surface area contributed by atoms with Crippen molar-refractivity contribution in [3.8, 4) is 6.07 Å². The van der Waals surface area contributed by atoms with Gasteiger partial charge in [0.1, 0.15) is 18.2 Å². The maximum Gasteiger partial charge on any atom is 0.322 e. The van der Waals surface area contributed by atoms with E-state index in [0.717, 1.165) is 6.20 Å². The van der Waals surface area contributed by atoms with Gasteiger partial charge in [-0.05, 0) is 18.2 Å². The number of rotatable bonds is 5. The lowest BCUT2D eigenvalue weighted by molar-refractivity contribution is -0.135. The molecule has 0 aliphatic carbocycles. The van der Waals surface area contributed by atoms with E-state index in [2.05, 4.69) is 10.6 Å². The first-order chi connectivity index (χ1) is 9.43. The SMILES string of the molecule is N#C/C(=C/NCC(=O)O)C(=O)Nc1ccc(N)c(Cl)c1. The molecule has 0 aliphatic rings. The summed E-state index contributed by atoms with van der Waals surface area (Å²) >= 11 is 5.80. The van der Waals surface area contributed by atoms with Gasteiger partial charge in [0.15, 0.2) is 0 Å². The number of hydrogen-bond acceptors (Lipinski definition) is 5. The molecule has 1 aromatic rings. The van der Waals surface area contributed by atoms with Crippen molar-refractivity contribution in [2.45, 2.75) is 0 Å². The molecule has 20 heavy (non-hydrogen) atoms. The normalized spacial score (nSPS) is 10.5. The van der Waals surface area contributed by atoms with Gasteiger partial charge < -0.3 is 21.5 Å². The molecule has 0 spiro atoms. The summed E-state index contributed by atoms with van der Waals surface area (Å²) in [6.45, 7) is -0.397. The first-order valence-corrected chi connectivity index (χ1v) is 5.73. The van der Waals surface area contributed by atoms with Crippen molar-refractivity contribution < 1.29 is 14.7 Å². The van der Waals surface area contributed by atoms with Crippen LogP contribution in [-0.2, 0) is 9.59 Å². The zero-order chi connectivity index (χ0) is 15.1. The highest BCUT2D eigenvalue weighted by atomic mass is 35.5. The number of carboxylic acid groups (broad SMARTS) is 1. The van der Waals surface area contributed by atoms with Crippen molar-refractivity contribution in [2.75, 3.05) is 17.6 Å². The van der Waals surface area contributed by atoms with Crippen molar-refractivity contribution in [1.82, 2.24) is 5.32 Å². The zero-order valence-electron chi connectivity index (χ0n) is 10.2. The Balaban J connectivity index is 2.75. The van der Waals surface area contributed by atoms with Crippen LogP contribution in [0, 0.1) is 11.3 Å². The van der Waals surface area contributed by atoms with Gasteiger partial charge in [-0.25, -0.2) is 0 Å². The van der Waals surface area contributed by atoms with Crippen LogP contribution in [0.1, 0.15) is 0 Å². The van der Waals surface area contributed by atoms with Gasteiger partial charge in [0.2, 0.25) is 0 Å². The third-order valence-corrected chi connectivity index (χ3v) is 2.45. The van der Waals surface area contributed by atoms with Crippen molar-refractivity contribution in [1.29, 1.82) is 5.26 Å². The van der Waals surface area contributed by atoms with E-state index >= 15 is 0 Å². The average Bonchev–Trinajstić information content (AvgIpc) is 2.38. The number of halogens is 1. The Labute approximate surface area is 119 Å². The molecule has 7 nitrogen and oxygen atoms in total. The Morgan fingerprint density at radius 2 is 2.20 bits per heavy atom. The third-order valence-electron chi connectivity index (χ3n) is 2.12. The molecule has 1 amide bonds. The fourth-order valence-corrected chi connectivity index (χ4v) is 1.37. The summed E-state index contributed by atoms with van der Waals surface area (Å²) in [4.78, 5) is 22.0. The minimum Gasteiger partial charge on any atom is -0.480 e. The Hall–Kier alpha value is -2.72. The number of hydrogen-bond donors (Lipinski definition) is 4. The van der Waals surface area contributed by atoms with E-state index in [1.165, 1.54) is 18.2 Å². The highest BCUT2D eigenvalue weighted by Crippen LogP contribution is 2.22. The van der Waals surface area contributed by atoms with Gasteiger partial charge in [0.25, 0.3) is 5.91 Å². The highest BCUT2D eigenvalue weighted by molar-refractivity contribution is 6.33. The molecule has 1 aromatic carbocycles. The minimum atomic E-state index is -1.11. The number of nitriles is 1. The molecule has 0 atom stereocenters. The smallest absolute Gasteiger partial charge is 0.322 e. The first-order valence-electron chi connectivity index (χ1n) is 5.36. The average molecular weight is 295 g/mol. The molecule has 1 rings (SSSR count). The summed E-state index contributed by atoms with van der Waals surface area (Å²) in [7, 11) is 0. The number of carbonyl (C=O) groups excluding carboxylic acids is 1. The molecular formula is C12H11ClN4O3. The van der Waals surface area contributed by atoms with Gasteiger partial charge in [-0.15, -0.1) is 0 Å². The van der Waals surface area contributed by atoms with Crippen LogP contribution in [0.2, 0.25) is 5.02 Å². The molecule has 8 heteroatoms. The fourth-order valence-electron chi connectivity index (χ4n) is 1.19. The molecule has 0 fully saturated rings.